The van der Waals surface area contributed by atoms with E-state index in [4.69, 9.17) is 19.4 Å². The van der Waals surface area contributed by atoms with E-state index in [2.05, 4.69) is 135 Å². The summed E-state index contributed by atoms with van der Waals surface area (Å²) in [5.41, 5.74) is 13.2. The van der Waals surface area contributed by atoms with Crippen LogP contribution in [-0.2, 0) is 11.8 Å². The first-order valence-corrected chi connectivity index (χ1v) is 17.9. The van der Waals surface area contributed by atoms with Crippen LogP contribution in [0.2, 0.25) is 0 Å². The van der Waals surface area contributed by atoms with Gasteiger partial charge in [0.15, 0.2) is 17.2 Å². The van der Waals surface area contributed by atoms with Crippen LogP contribution in [0.15, 0.2) is 143 Å². The van der Waals surface area contributed by atoms with E-state index in [-0.39, 0.29) is 11.8 Å². The van der Waals surface area contributed by atoms with Gasteiger partial charge in [-0.05, 0) is 65.8 Å². The zero-order valence-corrected chi connectivity index (χ0v) is 28.7. The summed E-state index contributed by atoms with van der Waals surface area (Å²) in [6, 6.07) is 40.9. The monoisotopic (exact) mass is 658 g/mol. The van der Waals surface area contributed by atoms with Gasteiger partial charge in [-0.3, -0.25) is 0 Å². The molecule has 4 heterocycles. The normalized spacial score (nSPS) is 20.3. The lowest BCUT2D eigenvalue weighted by molar-refractivity contribution is 0.529. The number of allylic oxidation sites excluding steroid dienone is 4. The Morgan fingerprint density at radius 1 is 0.686 bits per heavy atom. The molecule has 0 amide bonds. The summed E-state index contributed by atoms with van der Waals surface area (Å²) in [5.74, 6) is 2.41. The Labute approximate surface area is 295 Å². The van der Waals surface area contributed by atoms with Crippen molar-refractivity contribution in [2.75, 3.05) is 0 Å². The zero-order valence-electron chi connectivity index (χ0n) is 28.7. The molecule has 3 aliphatic rings. The highest BCUT2D eigenvalue weighted by Gasteiger charge is 2.45. The molecule has 0 saturated carbocycles. The first-order valence-electron chi connectivity index (χ1n) is 17.9. The third-order valence-electron chi connectivity index (χ3n) is 11.7. The number of para-hydroxylation sites is 2. The number of aromatic nitrogens is 4. The molecular weight excluding hydrogens is 625 g/mol. The smallest absolute Gasteiger partial charge is 0.167 e. The maximum absolute atomic E-state index is 7.04. The van der Waals surface area contributed by atoms with Gasteiger partial charge in [-0.2, -0.15) is 0 Å². The van der Waals surface area contributed by atoms with Gasteiger partial charge in [0.1, 0.15) is 11.4 Å². The van der Waals surface area contributed by atoms with Crippen LogP contribution in [0, 0.1) is 5.92 Å². The number of rotatable bonds is 2. The third-order valence-corrected chi connectivity index (χ3v) is 11.7. The van der Waals surface area contributed by atoms with Crippen molar-refractivity contribution in [3.8, 4) is 39.6 Å². The minimum absolute atomic E-state index is 0.0712. The van der Waals surface area contributed by atoms with Gasteiger partial charge in [-0.1, -0.05) is 123 Å². The molecule has 11 rings (SSSR count). The molecule has 5 aromatic carbocycles. The molecule has 8 aromatic rings. The molecule has 5 heteroatoms. The molecule has 1 aliphatic heterocycles. The molecule has 0 saturated heterocycles. The largest absolute Gasteiger partial charge is 0.453 e. The summed E-state index contributed by atoms with van der Waals surface area (Å²) in [6.07, 6.45) is 5.59. The first kappa shape index (κ1) is 28.7. The molecule has 3 unspecified atom stereocenters. The Kier molecular flexibility index (Phi) is 5.77. The van der Waals surface area contributed by atoms with Crippen LogP contribution >= 0.6 is 0 Å². The molecular formula is C46H34N4O. The SMILES string of the molecule is CC1C=CC2(C)C3=C1Cc1c(n(c4ccc(-c5ccccc5)cc14)-c1cccc4c1oc1c(cccc14)-c1nc(-c4ccccc4)nc2n1)C3C. The number of nitrogens with zero attached hydrogens (tertiary/aromatic N) is 4. The summed E-state index contributed by atoms with van der Waals surface area (Å²) in [6.45, 7) is 7.04. The second-order valence-corrected chi connectivity index (χ2v) is 14.6. The molecule has 51 heavy (non-hydrogen) atoms. The van der Waals surface area contributed by atoms with Gasteiger partial charge in [0.2, 0.25) is 0 Å². The van der Waals surface area contributed by atoms with E-state index in [1.807, 2.05) is 18.2 Å². The molecule has 0 N–H and O–H groups in total. The Hall–Kier alpha value is -6.07. The summed E-state index contributed by atoms with van der Waals surface area (Å²) in [4.78, 5) is 15.8. The first-order chi connectivity index (χ1) is 25.0. The summed E-state index contributed by atoms with van der Waals surface area (Å²) in [7, 11) is 0. The lowest BCUT2D eigenvalue weighted by atomic mass is 9.63. The van der Waals surface area contributed by atoms with E-state index in [1.165, 1.54) is 44.4 Å². The van der Waals surface area contributed by atoms with Crippen LogP contribution < -0.4 is 0 Å². The Morgan fingerprint density at radius 2 is 1.41 bits per heavy atom. The number of hydrogen-bond donors (Lipinski definition) is 0. The zero-order chi connectivity index (χ0) is 34.0. The van der Waals surface area contributed by atoms with Gasteiger partial charge in [0.05, 0.1) is 22.2 Å². The summed E-state index contributed by atoms with van der Waals surface area (Å²) >= 11 is 0. The van der Waals surface area contributed by atoms with Crippen molar-refractivity contribution in [2.45, 2.75) is 38.5 Å². The van der Waals surface area contributed by atoms with Crippen molar-refractivity contribution >= 4 is 32.8 Å². The second kappa shape index (κ2) is 10.2. The fourth-order valence-electron chi connectivity index (χ4n) is 9.32. The molecule has 0 spiro atoms. The highest BCUT2D eigenvalue weighted by atomic mass is 16.3. The minimum atomic E-state index is -0.557. The lowest BCUT2D eigenvalue weighted by Gasteiger charge is -2.42. The van der Waals surface area contributed by atoms with Crippen molar-refractivity contribution in [3.63, 3.8) is 0 Å². The van der Waals surface area contributed by atoms with Gasteiger partial charge in [-0.15, -0.1) is 0 Å². The Balaban J connectivity index is 1.31. The van der Waals surface area contributed by atoms with Crippen LogP contribution in [0.5, 0.6) is 0 Å². The highest BCUT2D eigenvalue weighted by molar-refractivity contribution is 6.11. The van der Waals surface area contributed by atoms with Gasteiger partial charge in [0, 0.05) is 33.3 Å². The molecule has 3 atom stereocenters. The topological polar surface area (TPSA) is 56.7 Å². The highest BCUT2D eigenvalue weighted by Crippen LogP contribution is 2.54. The average Bonchev–Trinajstić information content (AvgIpc) is 3.72. The quantitative estimate of drug-likeness (QED) is 0.173. The van der Waals surface area contributed by atoms with Gasteiger partial charge >= 0.3 is 0 Å². The van der Waals surface area contributed by atoms with E-state index in [1.54, 1.807) is 0 Å². The molecule has 0 radical (unpaired) electrons. The minimum Gasteiger partial charge on any atom is -0.453 e. The van der Waals surface area contributed by atoms with Gasteiger partial charge < -0.3 is 8.98 Å². The predicted molar refractivity (Wildman–Crippen MR) is 205 cm³/mol. The van der Waals surface area contributed by atoms with E-state index in [0.717, 1.165) is 51.0 Å². The predicted octanol–water partition coefficient (Wildman–Crippen LogP) is 11.1. The average molecular weight is 659 g/mol. The van der Waals surface area contributed by atoms with Crippen molar-refractivity contribution < 1.29 is 4.42 Å². The summed E-state index contributed by atoms with van der Waals surface area (Å²) in [5, 5.41) is 3.43. The van der Waals surface area contributed by atoms with Gasteiger partial charge in [-0.25, -0.2) is 15.0 Å². The number of fused-ring (bicyclic) bond motifs is 9. The second-order valence-electron chi connectivity index (χ2n) is 14.6. The van der Waals surface area contributed by atoms with Crippen LogP contribution in [-0.4, -0.2) is 19.5 Å². The maximum atomic E-state index is 7.04. The maximum Gasteiger partial charge on any atom is 0.167 e. The van der Waals surface area contributed by atoms with Crippen LogP contribution in [0.3, 0.4) is 0 Å². The fraction of sp³-hybridized carbons (Fsp3) is 0.152. The van der Waals surface area contributed by atoms with E-state index < -0.39 is 5.41 Å². The van der Waals surface area contributed by atoms with Crippen molar-refractivity contribution in [3.05, 3.63) is 156 Å². The molecule has 2 aliphatic carbocycles. The molecule has 5 nitrogen and oxygen atoms in total. The summed E-state index contributed by atoms with van der Waals surface area (Å²) < 4.78 is 9.55. The molecule has 3 aromatic heterocycles. The van der Waals surface area contributed by atoms with E-state index >= 15 is 0 Å². The van der Waals surface area contributed by atoms with Gasteiger partial charge in [0.25, 0.3) is 0 Å². The Bertz CT molecular complexity index is 2820. The molecule has 0 fully saturated rings. The van der Waals surface area contributed by atoms with E-state index in [9.17, 15) is 0 Å². The number of hydrogen-bond acceptors (Lipinski definition) is 4. The van der Waals surface area contributed by atoms with Crippen molar-refractivity contribution in [1.82, 2.24) is 19.5 Å². The molecule has 6 bridgehead atoms. The number of benzene rings is 5. The van der Waals surface area contributed by atoms with Crippen molar-refractivity contribution in [1.29, 1.82) is 0 Å². The standard InChI is InChI=1S/C46H34N4O/c1-26-22-23-46(3)39-27(2)40-36(25-34(26)39)35-24-30(28-12-6-4-7-13-28)20-21-37(35)50(40)38-19-11-17-32-31-16-10-18-33(41(31)51-42(32)38)44-47-43(48-45(46)49-44)29-14-8-5-9-15-29/h4-24,26-27H,25H2,1-3H3. The third kappa shape index (κ3) is 3.89. The molecule has 244 valence electrons. The lowest BCUT2D eigenvalue weighted by Crippen LogP contribution is -2.36. The van der Waals surface area contributed by atoms with Crippen LogP contribution in [0.1, 0.15) is 43.8 Å². The number of furan rings is 1. The Morgan fingerprint density at radius 3 is 2.22 bits per heavy atom. The fourth-order valence-corrected chi connectivity index (χ4v) is 9.32. The van der Waals surface area contributed by atoms with Crippen LogP contribution in [0.25, 0.3) is 72.4 Å². The van der Waals surface area contributed by atoms with Crippen LogP contribution in [0.4, 0.5) is 0 Å². The van der Waals surface area contributed by atoms with Crippen molar-refractivity contribution in [2.24, 2.45) is 5.92 Å². The van der Waals surface area contributed by atoms with E-state index in [0.29, 0.717) is 11.6 Å².